The number of aliphatic carboxylic acids is 1. The fraction of sp³-hybridized carbons (Fsp3) is 0.450. The van der Waals surface area contributed by atoms with Gasteiger partial charge >= 0.3 is 5.97 Å². The van der Waals surface area contributed by atoms with Crippen molar-refractivity contribution in [2.75, 3.05) is 6.54 Å². The molecule has 0 bridgehead atoms. The van der Waals surface area contributed by atoms with Crippen LogP contribution in [0.4, 0.5) is 5.69 Å². The van der Waals surface area contributed by atoms with E-state index in [0.29, 0.717) is 21.3 Å². The molecule has 0 spiro atoms. The Balaban J connectivity index is 1.75. The second-order valence-electron chi connectivity index (χ2n) is 6.80. The summed E-state index contributed by atoms with van der Waals surface area (Å²) in [6.45, 7) is 0.565. The maximum absolute atomic E-state index is 12.6. The maximum Gasteiger partial charge on any atom is 0.303 e. The van der Waals surface area contributed by atoms with Crippen molar-refractivity contribution in [1.82, 2.24) is 4.90 Å². The van der Waals surface area contributed by atoms with E-state index >= 15 is 0 Å². The topological polar surface area (TPSA) is 101 Å². The van der Waals surface area contributed by atoms with Crippen molar-refractivity contribution in [3.63, 3.8) is 0 Å². The molecule has 0 aliphatic carbocycles. The Bertz CT molecular complexity index is 810. The number of carboxylic acid groups (broad SMARTS) is 1. The second-order valence-corrected chi connectivity index (χ2v) is 8.48. The molecule has 1 aromatic rings. The Morgan fingerprint density at radius 3 is 2.48 bits per heavy atom. The van der Waals surface area contributed by atoms with E-state index in [-0.39, 0.29) is 18.0 Å². The molecular weight excluding hydrogens is 412 g/mol. The molecule has 7 nitrogen and oxygen atoms in total. The van der Waals surface area contributed by atoms with Crippen LogP contribution in [0.1, 0.15) is 56.9 Å². The highest BCUT2D eigenvalue weighted by Gasteiger charge is 2.31. The Hall–Kier alpha value is -2.26. The predicted octanol–water partition coefficient (Wildman–Crippen LogP) is 5.00. The van der Waals surface area contributed by atoms with Gasteiger partial charge in [0.05, 0.1) is 9.83 Å². The van der Waals surface area contributed by atoms with Gasteiger partial charge in [-0.05, 0) is 24.5 Å². The fourth-order valence-corrected chi connectivity index (χ4v) is 4.31. The summed E-state index contributed by atoms with van der Waals surface area (Å²) in [5.74, 6) is -0.895. The van der Waals surface area contributed by atoms with Crippen LogP contribution in [0.15, 0.2) is 29.2 Å². The molecule has 0 radical (unpaired) electrons. The van der Waals surface area contributed by atoms with Crippen molar-refractivity contribution < 1.29 is 19.6 Å². The average molecular weight is 437 g/mol. The Morgan fingerprint density at radius 1 is 1.17 bits per heavy atom. The molecule has 0 saturated carbocycles. The quantitative estimate of drug-likeness (QED) is 0.162. The van der Waals surface area contributed by atoms with Gasteiger partial charge in [-0.15, -0.1) is 0 Å². The molecular formula is C20H24N2O5S2. The molecule has 1 N–H and O–H groups in total. The number of carboxylic acids is 1. The van der Waals surface area contributed by atoms with E-state index in [0.717, 1.165) is 44.9 Å². The fourth-order valence-electron chi connectivity index (χ4n) is 3.00. The van der Waals surface area contributed by atoms with Crippen LogP contribution in [0, 0.1) is 10.1 Å². The number of amides is 1. The van der Waals surface area contributed by atoms with Crippen LogP contribution in [0.3, 0.4) is 0 Å². The normalized spacial score (nSPS) is 15.3. The molecule has 156 valence electrons. The Morgan fingerprint density at radius 2 is 1.83 bits per heavy atom. The van der Waals surface area contributed by atoms with Gasteiger partial charge in [-0.3, -0.25) is 24.6 Å². The minimum absolute atomic E-state index is 0.0165. The summed E-state index contributed by atoms with van der Waals surface area (Å²) in [4.78, 5) is 35.5. The van der Waals surface area contributed by atoms with Crippen molar-refractivity contribution in [2.24, 2.45) is 0 Å². The molecule has 0 unspecified atom stereocenters. The Labute approximate surface area is 179 Å². The molecule has 9 heteroatoms. The van der Waals surface area contributed by atoms with Gasteiger partial charge in [0.2, 0.25) is 0 Å². The van der Waals surface area contributed by atoms with E-state index in [9.17, 15) is 19.7 Å². The van der Waals surface area contributed by atoms with E-state index in [4.69, 9.17) is 17.3 Å². The number of nitro groups is 1. The number of thiocarbonyl (C=S) groups is 1. The first kappa shape index (κ1) is 23.0. The maximum atomic E-state index is 12.6. The molecule has 1 aromatic carbocycles. The number of nitro benzene ring substituents is 1. The summed E-state index contributed by atoms with van der Waals surface area (Å²) in [6.07, 6.45) is 8.51. The lowest BCUT2D eigenvalue weighted by Crippen LogP contribution is -2.29. The molecule has 1 heterocycles. The van der Waals surface area contributed by atoms with Gasteiger partial charge in [-0.1, -0.05) is 68.2 Å². The third kappa shape index (κ3) is 7.58. The lowest BCUT2D eigenvalue weighted by molar-refractivity contribution is -0.384. The van der Waals surface area contributed by atoms with E-state index in [1.165, 1.54) is 23.9 Å². The Kier molecular flexibility index (Phi) is 9.27. The summed E-state index contributed by atoms with van der Waals surface area (Å²) in [5, 5.41) is 19.5. The zero-order valence-electron chi connectivity index (χ0n) is 16.0. The number of nitrogens with zero attached hydrogens (tertiary/aromatic N) is 2. The number of carbonyl (C=O) groups excluding carboxylic acids is 1. The van der Waals surface area contributed by atoms with Crippen molar-refractivity contribution in [3.05, 3.63) is 44.8 Å². The number of hydrogen-bond acceptors (Lipinski definition) is 6. The smallest absolute Gasteiger partial charge is 0.303 e. The summed E-state index contributed by atoms with van der Waals surface area (Å²) in [6, 6.07) is 6.15. The van der Waals surface area contributed by atoms with Gasteiger partial charge < -0.3 is 5.11 Å². The van der Waals surface area contributed by atoms with Gasteiger partial charge in [-0.25, -0.2) is 0 Å². The van der Waals surface area contributed by atoms with E-state index in [1.54, 1.807) is 23.1 Å². The lowest BCUT2D eigenvalue weighted by atomic mass is 10.1. The number of unbranched alkanes of at least 4 members (excludes halogenated alkanes) is 6. The third-order valence-electron chi connectivity index (χ3n) is 4.52. The highest BCUT2D eigenvalue weighted by Crippen LogP contribution is 2.33. The van der Waals surface area contributed by atoms with E-state index < -0.39 is 10.9 Å². The third-order valence-corrected chi connectivity index (χ3v) is 5.90. The first-order valence-corrected chi connectivity index (χ1v) is 10.8. The van der Waals surface area contributed by atoms with Gasteiger partial charge in [0.1, 0.15) is 4.32 Å². The van der Waals surface area contributed by atoms with E-state index in [1.807, 2.05) is 0 Å². The molecule has 1 amide bonds. The van der Waals surface area contributed by atoms with Crippen LogP contribution in [-0.2, 0) is 9.59 Å². The van der Waals surface area contributed by atoms with Crippen LogP contribution in [0.25, 0.3) is 6.08 Å². The first-order chi connectivity index (χ1) is 13.9. The molecule has 2 rings (SSSR count). The second kappa shape index (κ2) is 11.7. The summed E-state index contributed by atoms with van der Waals surface area (Å²) < 4.78 is 0.514. The number of benzene rings is 1. The van der Waals surface area contributed by atoms with Crippen molar-refractivity contribution in [2.45, 2.75) is 51.4 Å². The van der Waals surface area contributed by atoms with Crippen LogP contribution >= 0.6 is 24.0 Å². The van der Waals surface area contributed by atoms with Crippen molar-refractivity contribution >= 4 is 51.9 Å². The van der Waals surface area contributed by atoms with Gasteiger partial charge in [-0.2, -0.15) is 0 Å². The largest absolute Gasteiger partial charge is 0.481 e. The number of non-ortho nitro benzene ring substituents is 1. The molecule has 1 aliphatic heterocycles. The van der Waals surface area contributed by atoms with Gasteiger partial charge in [0.25, 0.3) is 11.6 Å². The SMILES string of the molecule is O=C(O)CCCCCCCCCN1C(=O)/C(=C/c2cccc([N+](=O)[O-])c2)SC1=S. The number of hydrogen-bond donors (Lipinski definition) is 1. The first-order valence-electron chi connectivity index (χ1n) is 9.60. The summed E-state index contributed by atoms with van der Waals surface area (Å²) >= 11 is 6.54. The van der Waals surface area contributed by atoms with Crippen LogP contribution in [0.2, 0.25) is 0 Å². The molecule has 1 fully saturated rings. The number of carbonyl (C=O) groups is 2. The molecule has 1 aliphatic rings. The van der Waals surface area contributed by atoms with E-state index in [2.05, 4.69) is 0 Å². The minimum Gasteiger partial charge on any atom is -0.481 e. The molecule has 1 saturated heterocycles. The molecule has 0 atom stereocenters. The van der Waals surface area contributed by atoms with Crippen molar-refractivity contribution in [3.8, 4) is 0 Å². The minimum atomic E-state index is -0.743. The van der Waals surface area contributed by atoms with Crippen LogP contribution in [-0.4, -0.2) is 37.7 Å². The zero-order valence-corrected chi connectivity index (χ0v) is 17.7. The van der Waals surface area contributed by atoms with Crippen LogP contribution < -0.4 is 0 Å². The summed E-state index contributed by atoms with van der Waals surface area (Å²) in [5.41, 5.74) is 0.583. The van der Waals surface area contributed by atoms with Crippen molar-refractivity contribution in [1.29, 1.82) is 0 Å². The molecule has 0 aromatic heterocycles. The number of thioether (sulfide) groups is 1. The standard InChI is InChI=1S/C20H24N2O5S2/c23-18(24)11-6-4-2-1-3-5-7-12-21-19(25)17(29-20(21)28)14-15-9-8-10-16(13-15)22(26)27/h8-10,13-14H,1-7,11-12H2,(H,23,24)/b17-14-. The van der Waals surface area contributed by atoms with Crippen LogP contribution in [0.5, 0.6) is 0 Å². The molecule has 29 heavy (non-hydrogen) atoms. The summed E-state index contributed by atoms with van der Waals surface area (Å²) in [7, 11) is 0. The highest BCUT2D eigenvalue weighted by molar-refractivity contribution is 8.26. The number of rotatable bonds is 12. The lowest BCUT2D eigenvalue weighted by Gasteiger charge is -2.14. The zero-order chi connectivity index (χ0) is 21.2. The highest BCUT2D eigenvalue weighted by atomic mass is 32.2. The predicted molar refractivity (Wildman–Crippen MR) is 118 cm³/mol. The monoisotopic (exact) mass is 436 g/mol. The average Bonchev–Trinajstić information content (AvgIpc) is 2.93. The van der Waals surface area contributed by atoms with Gasteiger partial charge in [0, 0.05) is 25.1 Å². The van der Waals surface area contributed by atoms with Gasteiger partial charge in [0.15, 0.2) is 0 Å².